The molecule has 0 atom stereocenters. The van der Waals surface area contributed by atoms with Crippen molar-refractivity contribution < 1.29 is 24.1 Å². The summed E-state index contributed by atoms with van der Waals surface area (Å²) in [6.45, 7) is 0.263. The Balaban J connectivity index is 0.000000283. The first-order valence-corrected chi connectivity index (χ1v) is 7.28. The van der Waals surface area contributed by atoms with Crippen molar-refractivity contribution in [3.63, 3.8) is 0 Å². The number of non-ortho nitro benzene ring substituents is 2. The first-order chi connectivity index (χ1) is 13.1. The zero-order valence-electron chi connectivity index (χ0n) is 13.9. The lowest BCUT2D eigenvalue weighted by Gasteiger charge is -2.00. The summed E-state index contributed by atoms with van der Waals surface area (Å²) in [5.41, 5.74) is 3.74. The van der Waals surface area contributed by atoms with Gasteiger partial charge in [-0.05, 0) is 25.1 Å². The monoisotopic (exact) mass is 397 g/mol. The third-order valence-corrected chi connectivity index (χ3v) is 3.23. The van der Waals surface area contributed by atoms with E-state index in [1.165, 1.54) is 12.1 Å². The molecule has 0 radical (unpaired) electrons. The van der Waals surface area contributed by atoms with Crippen LogP contribution in [-0.4, -0.2) is 26.2 Å². The molecule has 13 nitrogen and oxygen atoms in total. The zero-order chi connectivity index (χ0) is 21.4. The maximum Gasteiger partial charge on any atom is 0.311 e. The molecule has 0 heterocycles. The topological polar surface area (TPSA) is 199 Å². The largest absolute Gasteiger partial charge is 0.330 e. The molecular weight excluding hydrogens is 385 g/mol. The van der Waals surface area contributed by atoms with Crippen LogP contribution in [0.5, 0.6) is 0 Å². The SMILES string of the molecule is NCCc1ccc([N+](=O)[O-])cc1[N+](=O)[O-].O=[N+]([O-])c1ccc(F)c([N+](=O)[O-])c1. The summed E-state index contributed by atoms with van der Waals surface area (Å²) in [6, 6.07) is 5.68. The molecule has 0 aliphatic carbocycles. The van der Waals surface area contributed by atoms with Crippen molar-refractivity contribution in [1.82, 2.24) is 0 Å². The van der Waals surface area contributed by atoms with Crippen LogP contribution in [0.2, 0.25) is 0 Å². The lowest BCUT2D eigenvalue weighted by molar-refractivity contribution is -0.395. The number of halogens is 1. The lowest BCUT2D eigenvalue weighted by Crippen LogP contribution is -2.05. The lowest BCUT2D eigenvalue weighted by atomic mass is 10.1. The summed E-state index contributed by atoms with van der Waals surface area (Å²) in [5, 5.41) is 41.3. The van der Waals surface area contributed by atoms with Gasteiger partial charge in [0.2, 0.25) is 5.82 Å². The van der Waals surface area contributed by atoms with E-state index in [0.717, 1.165) is 12.1 Å². The standard InChI is InChI=1S/C8H9N3O4.C6H3FN2O4/c9-4-3-6-1-2-7(10(12)13)5-8(6)11(14)15;7-5-2-1-4(8(10)11)3-6(5)9(12)13/h1-2,5H,3-4,9H2;1-3H. The summed E-state index contributed by atoms with van der Waals surface area (Å²) in [7, 11) is 0. The van der Waals surface area contributed by atoms with Crippen molar-refractivity contribution >= 4 is 22.7 Å². The van der Waals surface area contributed by atoms with E-state index in [4.69, 9.17) is 5.73 Å². The third-order valence-electron chi connectivity index (χ3n) is 3.23. The molecule has 28 heavy (non-hydrogen) atoms. The molecule has 0 unspecified atom stereocenters. The average molecular weight is 397 g/mol. The predicted octanol–water partition coefficient (Wildman–Crippen LogP) is 2.65. The quantitative estimate of drug-likeness (QED) is 0.562. The van der Waals surface area contributed by atoms with Gasteiger partial charge in [-0.25, -0.2) is 0 Å². The molecule has 0 aliphatic rings. The van der Waals surface area contributed by atoms with Gasteiger partial charge in [-0.3, -0.25) is 40.5 Å². The van der Waals surface area contributed by atoms with Gasteiger partial charge in [0.15, 0.2) is 0 Å². The van der Waals surface area contributed by atoms with Crippen LogP contribution in [0.1, 0.15) is 5.56 Å². The highest BCUT2D eigenvalue weighted by Crippen LogP contribution is 2.25. The summed E-state index contributed by atoms with van der Waals surface area (Å²) < 4.78 is 12.6. The Hall–Kier alpha value is -4.07. The molecule has 0 aromatic heterocycles. The maximum atomic E-state index is 12.6. The van der Waals surface area contributed by atoms with Crippen LogP contribution < -0.4 is 5.73 Å². The van der Waals surface area contributed by atoms with E-state index in [9.17, 15) is 44.8 Å². The van der Waals surface area contributed by atoms with Crippen LogP contribution in [0.3, 0.4) is 0 Å². The van der Waals surface area contributed by atoms with Crippen molar-refractivity contribution in [2.24, 2.45) is 5.73 Å². The minimum atomic E-state index is -1.09. The average Bonchev–Trinajstić information content (AvgIpc) is 2.62. The number of hydrogen-bond donors (Lipinski definition) is 1. The van der Waals surface area contributed by atoms with Gasteiger partial charge in [0.25, 0.3) is 17.1 Å². The highest BCUT2D eigenvalue weighted by Gasteiger charge is 2.19. The highest BCUT2D eigenvalue weighted by molar-refractivity contribution is 5.49. The van der Waals surface area contributed by atoms with E-state index in [1.807, 2.05) is 0 Å². The molecular formula is C14H12FN5O8. The van der Waals surface area contributed by atoms with Gasteiger partial charge < -0.3 is 5.73 Å². The molecule has 2 N–H and O–H groups in total. The molecule has 0 fully saturated rings. The molecule has 14 heteroatoms. The van der Waals surface area contributed by atoms with Gasteiger partial charge in [0.1, 0.15) is 0 Å². The fourth-order valence-corrected chi connectivity index (χ4v) is 1.96. The Morgan fingerprint density at radius 3 is 1.64 bits per heavy atom. The minimum absolute atomic E-state index is 0.255. The number of rotatable bonds is 6. The minimum Gasteiger partial charge on any atom is -0.330 e. The third kappa shape index (κ3) is 5.73. The second-order valence-corrected chi connectivity index (χ2v) is 5.02. The Bertz CT molecular complexity index is 936. The molecule has 0 saturated heterocycles. The van der Waals surface area contributed by atoms with Crippen LogP contribution in [-0.2, 0) is 6.42 Å². The number of nitrogens with two attached hydrogens (primary N) is 1. The second kappa shape index (κ2) is 9.58. The van der Waals surface area contributed by atoms with Crippen molar-refractivity contribution in [3.05, 3.63) is 88.2 Å². The van der Waals surface area contributed by atoms with Crippen LogP contribution in [0, 0.1) is 46.3 Å². The first kappa shape index (κ1) is 22.0. The Labute approximate surface area is 154 Å². The molecule has 0 saturated carbocycles. The first-order valence-electron chi connectivity index (χ1n) is 7.28. The van der Waals surface area contributed by atoms with Gasteiger partial charge in [-0.15, -0.1) is 0 Å². The molecule has 0 spiro atoms. The van der Waals surface area contributed by atoms with Gasteiger partial charge in [0.05, 0.1) is 31.8 Å². The van der Waals surface area contributed by atoms with Crippen LogP contribution in [0.25, 0.3) is 0 Å². The number of nitro benzene ring substituents is 4. The van der Waals surface area contributed by atoms with Gasteiger partial charge in [-0.2, -0.15) is 4.39 Å². The predicted molar refractivity (Wildman–Crippen MR) is 92.2 cm³/mol. The van der Waals surface area contributed by atoms with Crippen molar-refractivity contribution in [1.29, 1.82) is 0 Å². The Morgan fingerprint density at radius 2 is 1.21 bits per heavy atom. The summed E-state index contributed by atoms with van der Waals surface area (Å²) in [5.74, 6) is -1.09. The Morgan fingerprint density at radius 1 is 0.750 bits per heavy atom. The molecule has 0 aliphatic heterocycles. The fourth-order valence-electron chi connectivity index (χ4n) is 1.96. The zero-order valence-corrected chi connectivity index (χ0v) is 13.9. The number of nitro groups is 4. The molecule has 148 valence electrons. The van der Waals surface area contributed by atoms with E-state index in [0.29, 0.717) is 24.1 Å². The number of nitrogens with zero attached hydrogens (tertiary/aromatic N) is 4. The van der Waals surface area contributed by atoms with E-state index in [-0.39, 0.29) is 17.9 Å². The molecule has 2 aromatic rings. The van der Waals surface area contributed by atoms with Gasteiger partial charge >= 0.3 is 5.69 Å². The van der Waals surface area contributed by atoms with Gasteiger partial charge in [-0.1, -0.05) is 0 Å². The van der Waals surface area contributed by atoms with E-state index < -0.39 is 36.9 Å². The Kier molecular flexibility index (Phi) is 7.52. The fraction of sp³-hybridized carbons (Fsp3) is 0.143. The normalized spacial score (nSPS) is 9.79. The second-order valence-electron chi connectivity index (χ2n) is 5.02. The van der Waals surface area contributed by atoms with Crippen LogP contribution >= 0.6 is 0 Å². The molecule has 0 bridgehead atoms. The van der Waals surface area contributed by atoms with Crippen LogP contribution in [0.4, 0.5) is 27.1 Å². The summed E-state index contributed by atoms with van der Waals surface area (Å²) in [4.78, 5) is 38.2. The van der Waals surface area contributed by atoms with Crippen molar-refractivity contribution in [3.8, 4) is 0 Å². The van der Waals surface area contributed by atoms with Crippen LogP contribution in [0.15, 0.2) is 36.4 Å². The number of benzene rings is 2. The summed E-state index contributed by atoms with van der Waals surface area (Å²) in [6.07, 6.45) is 0.328. The number of hydrogen-bond acceptors (Lipinski definition) is 9. The van der Waals surface area contributed by atoms with Gasteiger partial charge in [0, 0.05) is 17.7 Å². The molecule has 2 aromatic carbocycles. The molecule has 0 amide bonds. The van der Waals surface area contributed by atoms with E-state index >= 15 is 0 Å². The van der Waals surface area contributed by atoms with E-state index in [2.05, 4.69) is 0 Å². The highest BCUT2D eigenvalue weighted by atomic mass is 19.1. The van der Waals surface area contributed by atoms with Crippen molar-refractivity contribution in [2.75, 3.05) is 6.54 Å². The summed E-state index contributed by atoms with van der Waals surface area (Å²) >= 11 is 0. The maximum absolute atomic E-state index is 12.6. The van der Waals surface area contributed by atoms with Crippen molar-refractivity contribution in [2.45, 2.75) is 6.42 Å². The molecule has 2 rings (SSSR count). The van der Waals surface area contributed by atoms with E-state index in [1.54, 1.807) is 0 Å². The smallest absolute Gasteiger partial charge is 0.311 e.